The van der Waals surface area contributed by atoms with Crippen molar-refractivity contribution in [1.29, 1.82) is 0 Å². The molecular weight excluding hydrogens is 246 g/mol. The molecule has 1 saturated heterocycles. The Labute approximate surface area is 115 Å². The van der Waals surface area contributed by atoms with Gasteiger partial charge in [0.05, 0.1) is 12.3 Å². The molecule has 5 heteroatoms. The zero-order valence-electron chi connectivity index (χ0n) is 12.6. The molecule has 1 rings (SSSR count). The lowest BCUT2D eigenvalue weighted by Gasteiger charge is -2.21. The second-order valence-corrected chi connectivity index (χ2v) is 6.30. The molecular formula is C14H25NO4. The highest BCUT2D eigenvalue weighted by atomic mass is 16.6. The van der Waals surface area contributed by atoms with Gasteiger partial charge in [-0.3, -0.25) is 9.59 Å². The van der Waals surface area contributed by atoms with Crippen LogP contribution in [0.2, 0.25) is 0 Å². The van der Waals surface area contributed by atoms with Crippen LogP contribution in [-0.4, -0.2) is 48.7 Å². The number of ether oxygens (including phenoxy) is 2. The summed E-state index contributed by atoms with van der Waals surface area (Å²) in [6.45, 7) is 8.83. The number of carbonyl (C=O) groups excluding carboxylic acids is 2. The molecule has 0 bridgehead atoms. The minimum Gasteiger partial charge on any atom is -0.461 e. The van der Waals surface area contributed by atoms with Crippen molar-refractivity contribution < 1.29 is 19.1 Å². The number of likely N-dealkylation sites (N-methyl/N-ethyl adjacent to an activating group) is 1. The maximum atomic E-state index is 11.9. The quantitative estimate of drug-likeness (QED) is 0.727. The molecule has 0 amide bonds. The average Bonchev–Trinajstić information content (AvgIpc) is 2.60. The third-order valence-corrected chi connectivity index (χ3v) is 2.93. The number of hydrogen-bond donors (Lipinski definition) is 0. The summed E-state index contributed by atoms with van der Waals surface area (Å²) in [4.78, 5) is 25.6. The Bertz CT molecular complexity index is 335. The Balaban J connectivity index is 2.34. The van der Waals surface area contributed by atoms with Gasteiger partial charge in [-0.05, 0) is 34.2 Å². The van der Waals surface area contributed by atoms with Crippen molar-refractivity contribution in [2.24, 2.45) is 5.92 Å². The van der Waals surface area contributed by atoms with Gasteiger partial charge in [0, 0.05) is 13.1 Å². The summed E-state index contributed by atoms with van der Waals surface area (Å²) >= 11 is 0. The second-order valence-electron chi connectivity index (χ2n) is 6.30. The predicted octanol–water partition coefficient (Wildman–Crippen LogP) is 1.60. The average molecular weight is 271 g/mol. The summed E-state index contributed by atoms with van der Waals surface area (Å²) in [6, 6.07) is 0. The zero-order valence-corrected chi connectivity index (χ0v) is 12.6. The molecule has 0 aromatic rings. The van der Waals surface area contributed by atoms with E-state index >= 15 is 0 Å². The van der Waals surface area contributed by atoms with E-state index in [1.54, 1.807) is 6.92 Å². The second kappa shape index (κ2) is 6.37. The van der Waals surface area contributed by atoms with Crippen LogP contribution >= 0.6 is 0 Å². The lowest BCUT2D eigenvalue weighted by Crippen LogP contribution is -2.29. The maximum absolute atomic E-state index is 11.9. The molecule has 19 heavy (non-hydrogen) atoms. The van der Waals surface area contributed by atoms with Gasteiger partial charge in [-0.15, -0.1) is 0 Å². The van der Waals surface area contributed by atoms with Crippen molar-refractivity contribution in [1.82, 2.24) is 4.90 Å². The highest BCUT2D eigenvalue weighted by molar-refractivity contribution is 5.79. The smallest absolute Gasteiger partial charge is 0.309 e. The third kappa shape index (κ3) is 6.05. The van der Waals surface area contributed by atoms with Crippen LogP contribution in [0.25, 0.3) is 0 Å². The molecule has 0 radical (unpaired) electrons. The van der Waals surface area contributed by atoms with Crippen LogP contribution in [0.3, 0.4) is 0 Å². The molecule has 0 aromatic carbocycles. The fourth-order valence-corrected chi connectivity index (χ4v) is 1.99. The molecule has 0 spiro atoms. The first-order valence-electron chi connectivity index (χ1n) is 6.78. The van der Waals surface area contributed by atoms with Crippen LogP contribution in [0.1, 0.15) is 40.5 Å². The number of esters is 2. The standard InChI is InChI=1S/C14H25NO4/c1-10(8-12(16)19-14(2,3)4)13(17)18-11-6-7-15(5)9-11/h10-11H,6-9H2,1-5H3/t10-,11+/m1/s1. The van der Waals surface area contributed by atoms with E-state index in [4.69, 9.17) is 9.47 Å². The molecule has 1 aliphatic heterocycles. The van der Waals surface area contributed by atoms with Crippen LogP contribution in [0.4, 0.5) is 0 Å². The zero-order chi connectivity index (χ0) is 14.6. The minimum absolute atomic E-state index is 0.0430. The molecule has 2 atom stereocenters. The first-order valence-corrected chi connectivity index (χ1v) is 6.78. The van der Waals surface area contributed by atoms with Gasteiger partial charge in [0.15, 0.2) is 0 Å². The van der Waals surface area contributed by atoms with Gasteiger partial charge in [-0.2, -0.15) is 0 Å². The highest BCUT2D eigenvalue weighted by Crippen LogP contribution is 2.16. The molecule has 110 valence electrons. The van der Waals surface area contributed by atoms with Crippen molar-refractivity contribution in [3.05, 3.63) is 0 Å². The Morgan fingerprint density at radius 2 is 2.00 bits per heavy atom. The Morgan fingerprint density at radius 1 is 1.37 bits per heavy atom. The van der Waals surface area contributed by atoms with E-state index < -0.39 is 11.5 Å². The van der Waals surface area contributed by atoms with E-state index in [9.17, 15) is 9.59 Å². The molecule has 1 heterocycles. The first-order chi connectivity index (χ1) is 8.67. The van der Waals surface area contributed by atoms with Crippen molar-refractivity contribution in [3.8, 4) is 0 Å². The van der Waals surface area contributed by atoms with Gasteiger partial charge in [0.1, 0.15) is 11.7 Å². The third-order valence-electron chi connectivity index (χ3n) is 2.93. The topological polar surface area (TPSA) is 55.8 Å². The molecule has 1 aliphatic rings. The molecule has 1 fully saturated rings. The molecule has 0 aromatic heterocycles. The summed E-state index contributed by atoms with van der Waals surface area (Å²) in [5.41, 5.74) is -0.519. The first kappa shape index (κ1) is 16.0. The fourth-order valence-electron chi connectivity index (χ4n) is 1.99. The van der Waals surface area contributed by atoms with Gasteiger partial charge in [-0.25, -0.2) is 0 Å². The Kier molecular flexibility index (Phi) is 5.35. The van der Waals surface area contributed by atoms with Crippen molar-refractivity contribution in [2.45, 2.75) is 52.2 Å². The number of likely N-dealkylation sites (tertiary alicyclic amines) is 1. The van der Waals surface area contributed by atoms with Crippen LogP contribution < -0.4 is 0 Å². The van der Waals surface area contributed by atoms with Gasteiger partial charge >= 0.3 is 11.9 Å². The molecule has 0 saturated carbocycles. The van der Waals surface area contributed by atoms with Crippen molar-refractivity contribution in [2.75, 3.05) is 20.1 Å². The number of carbonyl (C=O) groups is 2. The summed E-state index contributed by atoms with van der Waals surface area (Å²) in [7, 11) is 2.00. The highest BCUT2D eigenvalue weighted by Gasteiger charge is 2.27. The van der Waals surface area contributed by atoms with Gasteiger partial charge in [0.25, 0.3) is 0 Å². The maximum Gasteiger partial charge on any atom is 0.309 e. The van der Waals surface area contributed by atoms with Gasteiger partial charge < -0.3 is 14.4 Å². The van der Waals surface area contributed by atoms with Gasteiger partial charge in [-0.1, -0.05) is 6.92 Å². The Morgan fingerprint density at radius 3 is 2.47 bits per heavy atom. The summed E-state index contributed by atoms with van der Waals surface area (Å²) in [6.07, 6.45) is 0.888. The largest absolute Gasteiger partial charge is 0.461 e. The summed E-state index contributed by atoms with van der Waals surface area (Å²) < 4.78 is 10.6. The number of nitrogens with zero attached hydrogens (tertiary/aromatic N) is 1. The number of hydrogen-bond acceptors (Lipinski definition) is 5. The van der Waals surface area contributed by atoms with E-state index in [0.29, 0.717) is 0 Å². The normalized spacial score (nSPS) is 22.1. The SMILES string of the molecule is C[C@H](CC(=O)OC(C)(C)C)C(=O)O[C@H]1CCN(C)C1. The molecule has 0 N–H and O–H groups in total. The minimum atomic E-state index is -0.519. The monoisotopic (exact) mass is 271 g/mol. The van der Waals surface area contributed by atoms with Crippen molar-refractivity contribution in [3.63, 3.8) is 0 Å². The van der Waals surface area contributed by atoms with E-state index in [1.807, 2.05) is 27.8 Å². The van der Waals surface area contributed by atoms with E-state index in [1.165, 1.54) is 0 Å². The Hall–Kier alpha value is -1.10. The van der Waals surface area contributed by atoms with Crippen LogP contribution in [-0.2, 0) is 19.1 Å². The predicted molar refractivity (Wildman–Crippen MR) is 71.6 cm³/mol. The lowest BCUT2D eigenvalue weighted by atomic mass is 10.1. The summed E-state index contributed by atoms with van der Waals surface area (Å²) in [5, 5.41) is 0. The fraction of sp³-hybridized carbons (Fsp3) is 0.857. The van der Waals surface area contributed by atoms with Crippen LogP contribution in [0.15, 0.2) is 0 Å². The number of rotatable bonds is 4. The van der Waals surface area contributed by atoms with E-state index in [2.05, 4.69) is 4.90 Å². The lowest BCUT2D eigenvalue weighted by molar-refractivity contribution is -0.163. The van der Waals surface area contributed by atoms with Crippen LogP contribution in [0, 0.1) is 5.92 Å². The molecule has 0 aliphatic carbocycles. The summed E-state index contributed by atoms with van der Waals surface area (Å²) in [5.74, 6) is -1.13. The molecule has 5 nitrogen and oxygen atoms in total. The van der Waals surface area contributed by atoms with E-state index in [-0.39, 0.29) is 24.5 Å². The molecule has 0 unspecified atom stereocenters. The van der Waals surface area contributed by atoms with E-state index in [0.717, 1.165) is 19.5 Å². The van der Waals surface area contributed by atoms with Crippen LogP contribution in [0.5, 0.6) is 0 Å². The van der Waals surface area contributed by atoms with Gasteiger partial charge in [0.2, 0.25) is 0 Å². The van der Waals surface area contributed by atoms with Crippen molar-refractivity contribution >= 4 is 11.9 Å².